The number of hydrogen-bond acceptors (Lipinski definition) is 5. The first-order chi connectivity index (χ1) is 17.2. The van der Waals surface area contributed by atoms with Crippen LogP contribution < -0.4 is 0 Å². The third kappa shape index (κ3) is 6.41. The number of ether oxygens (including phenoxy) is 2. The molecular weight excluding hydrogens is 476 g/mol. The van der Waals surface area contributed by atoms with Gasteiger partial charge in [-0.2, -0.15) is 0 Å². The topological polar surface area (TPSA) is 69.5 Å². The zero-order valence-electron chi connectivity index (χ0n) is 22.4. The molecule has 1 aromatic carbocycles. The van der Waals surface area contributed by atoms with Gasteiger partial charge >= 0.3 is 6.09 Å². The van der Waals surface area contributed by atoms with Crippen molar-refractivity contribution in [1.29, 1.82) is 0 Å². The predicted octanol–water partition coefficient (Wildman–Crippen LogP) is 7.18. The van der Waals surface area contributed by atoms with Gasteiger partial charge < -0.3 is 9.47 Å². The van der Waals surface area contributed by atoms with Crippen LogP contribution in [0.25, 0.3) is 5.69 Å². The summed E-state index contributed by atoms with van der Waals surface area (Å²) < 4.78 is 14.3. The van der Waals surface area contributed by atoms with Crippen molar-refractivity contribution in [3.8, 4) is 5.69 Å². The fourth-order valence-corrected chi connectivity index (χ4v) is 5.59. The lowest BCUT2D eigenvalue weighted by Gasteiger charge is -2.31. The molecule has 2 aromatic rings. The Labute approximate surface area is 220 Å². The molecule has 7 nitrogen and oxygen atoms in total. The molecule has 2 aliphatic rings. The number of aromatic nitrogens is 3. The van der Waals surface area contributed by atoms with Gasteiger partial charge in [-0.3, -0.25) is 9.47 Å². The van der Waals surface area contributed by atoms with Crippen molar-refractivity contribution >= 4 is 17.7 Å². The zero-order chi connectivity index (χ0) is 25.9. The SMILES string of the molecule is CCCC(CCC)OC1CCC(c2nnc3n2-c2ccc(Cl)cc2CN(C(=O)OC(C)(C)C)C3)CC1. The number of nitrogens with zero attached hydrogens (tertiary/aromatic N) is 4. The van der Waals surface area contributed by atoms with Crippen LogP contribution in [0, 0.1) is 0 Å². The quantitative estimate of drug-likeness (QED) is 0.389. The van der Waals surface area contributed by atoms with Gasteiger partial charge in [-0.05, 0) is 83.1 Å². The first kappa shape index (κ1) is 26.9. The van der Waals surface area contributed by atoms with E-state index in [1.807, 2.05) is 39.0 Å². The van der Waals surface area contributed by atoms with E-state index in [1.165, 1.54) is 0 Å². The Kier molecular flexibility index (Phi) is 8.61. The summed E-state index contributed by atoms with van der Waals surface area (Å²) in [4.78, 5) is 14.7. The third-order valence-corrected chi connectivity index (χ3v) is 7.26. The summed E-state index contributed by atoms with van der Waals surface area (Å²) in [6.07, 6.45) is 9.05. The molecule has 2 heterocycles. The van der Waals surface area contributed by atoms with E-state index in [1.54, 1.807) is 4.90 Å². The average molecular weight is 517 g/mol. The van der Waals surface area contributed by atoms with Crippen LogP contribution in [0.15, 0.2) is 18.2 Å². The number of hydrogen-bond donors (Lipinski definition) is 0. The van der Waals surface area contributed by atoms with Gasteiger partial charge in [-0.25, -0.2) is 4.79 Å². The lowest BCUT2D eigenvalue weighted by molar-refractivity contribution is -0.0400. The molecule has 0 unspecified atom stereocenters. The lowest BCUT2D eigenvalue weighted by atomic mass is 9.86. The highest BCUT2D eigenvalue weighted by Crippen LogP contribution is 2.37. The Morgan fingerprint density at radius 2 is 1.78 bits per heavy atom. The van der Waals surface area contributed by atoms with Gasteiger partial charge in [0.1, 0.15) is 11.4 Å². The minimum absolute atomic E-state index is 0.304. The van der Waals surface area contributed by atoms with Gasteiger partial charge in [-0.1, -0.05) is 38.3 Å². The molecule has 1 amide bonds. The fraction of sp³-hybridized carbons (Fsp3) is 0.679. The van der Waals surface area contributed by atoms with E-state index in [0.717, 1.165) is 74.3 Å². The van der Waals surface area contributed by atoms with Gasteiger partial charge in [0.2, 0.25) is 0 Å². The second-order valence-electron chi connectivity index (χ2n) is 11.2. The van der Waals surface area contributed by atoms with E-state index in [4.69, 9.17) is 21.1 Å². The number of carbonyl (C=O) groups excluding carboxylic acids is 1. The number of halogens is 1. The summed E-state index contributed by atoms with van der Waals surface area (Å²) in [6.45, 7) is 10.8. The summed E-state index contributed by atoms with van der Waals surface area (Å²) in [5, 5.41) is 9.86. The summed E-state index contributed by atoms with van der Waals surface area (Å²) in [5.41, 5.74) is 1.38. The summed E-state index contributed by atoms with van der Waals surface area (Å²) in [5.74, 6) is 2.02. The number of rotatable bonds is 7. The van der Waals surface area contributed by atoms with Crippen LogP contribution in [0.2, 0.25) is 5.02 Å². The lowest BCUT2D eigenvalue weighted by Crippen LogP contribution is -2.35. The van der Waals surface area contributed by atoms with Crippen molar-refractivity contribution in [3.05, 3.63) is 40.4 Å². The molecule has 8 heteroatoms. The maximum atomic E-state index is 13.0. The molecular formula is C28H41ClN4O3. The number of carbonyl (C=O) groups is 1. The molecule has 1 fully saturated rings. The monoisotopic (exact) mass is 516 g/mol. The first-order valence-corrected chi connectivity index (χ1v) is 13.9. The second-order valence-corrected chi connectivity index (χ2v) is 11.7. The highest BCUT2D eigenvalue weighted by molar-refractivity contribution is 6.30. The fourth-order valence-electron chi connectivity index (χ4n) is 5.40. The normalized spacial score (nSPS) is 20.1. The smallest absolute Gasteiger partial charge is 0.411 e. The molecule has 1 saturated carbocycles. The molecule has 0 atom stereocenters. The molecule has 0 N–H and O–H groups in total. The molecule has 198 valence electrons. The Bertz CT molecular complexity index is 1030. The van der Waals surface area contributed by atoms with Gasteiger partial charge in [-0.15, -0.1) is 10.2 Å². The van der Waals surface area contributed by atoms with E-state index < -0.39 is 5.60 Å². The first-order valence-electron chi connectivity index (χ1n) is 13.5. The Morgan fingerprint density at radius 1 is 1.08 bits per heavy atom. The maximum absolute atomic E-state index is 13.0. The molecule has 1 aliphatic heterocycles. The number of benzene rings is 1. The van der Waals surface area contributed by atoms with E-state index in [0.29, 0.717) is 36.2 Å². The predicted molar refractivity (Wildman–Crippen MR) is 142 cm³/mol. The summed E-state index contributed by atoms with van der Waals surface area (Å²) in [6, 6.07) is 5.84. The van der Waals surface area contributed by atoms with E-state index in [9.17, 15) is 4.79 Å². The summed E-state index contributed by atoms with van der Waals surface area (Å²) in [7, 11) is 0. The highest BCUT2D eigenvalue weighted by atomic mass is 35.5. The van der Waals surface area contributed by atoms with Gasteiger partial charge in [0, 0.05) is 10.9 Å². The standard InChI is InChI=1S/C28H41ClN4O3/c1-6-8-22(9-7-2)35-23-13-10-19(11-14-23)26-31-30-25-18-32(27(34)36-28(3,4)5)17-20-16-21(29)12-15-24(20)33(25)26/h12,15-16,19,22-23H,6-11,13-14,17-18H2,1-5H3. The van der Waals surface area contributed by atoms with Crippen molar-refractivity contribution in [3.63, 3.8) is 0 Å². The number of fused-ring (bicyclic) bond motifs is 3. The van der Waals surface area contributed by atoms with Crippen LogP contribution in [-0.2, 0) is 22.6 Å². The average Bonchev–Trinajstić information content (AvgIpc) is 3.14. The van der Waals surface area contributed by atoms with Crippen LogP contribution >= 0.6 is 11.6 Å². The molecule has 0 spiro atoms. The van der Waals surface area contributed by atoms with Crippen molar-refractivity contribution < 1.29 is 14.3 Å². The van der Waals surface area contributed by atoms with E-state index in [-0.39, 0.29) is 6.09 Å². The van der Waals surface area contributed by atoms with E-state index in [2.05, 4.69) is 28.6 Å². The Balaban J connectivity index is 1.55. The van der Waals surface area contributed by atoms with Crippen LogP contribution in [0.1, 0.15) is 109 Å². The van der Waals surface area contributed by atoms with Crippen molar-refractivity contribution in [2.24, 2.45) is 0 Å². The molecule has 0 radical (unpaired) electrons. The molecule has 0 bridgehead atoms. The van der Waals surface area contributed by atoms with Crippen molar-refractivity contribution in [2.45, 2.75) is 123 Å². The molecule has 1 aliphatic carbocycles. The highest BCUT2D eigenvalue weighted by Gasteiger charge is 2.33. The molecule has 0 saturated heterocycles. The van der Waals surface area contributed by atoms with Crippen molar-refractivity contribution in [2.75, 3.05) is 0 Å². The van der Waals surface area contributed by atoms with Crippen molar-refractivity contribution in [1.82, 2.24) is 19.7 Å². The van der Waals surface area contributed by atoms with Crippen LogP contribution in [-0.4, -0.2) is 43.6 Å². The van der Waals surface area contributed by atoms with E-state index >= 15 is 0 Å². The third-order valence-electron chi connectivity index (χ3n) is 7.03. The minimum atomic E-state index is -0.576. The maximum Gasteiger partial charge on any atom is 0.411 e. The molecule has 1 aromatic heterocycles. The summed E-state index contributed by atoms with van der Waals surface area (Å²) >= 11 is 6.37. The Hall–Kier alpha value is -2.12. The minimum Gasteiger partial charge on any atom is -0.444 e. The van der Waals surface area contributed by atoms with Gasteiger partial charge in [0.15, 0.2) is 5.82 Å². The Morgan fingerprint density at radius 3 is 2.42 bits per heavy atom. The van der Waals surface area contributed by atoms with Crippen LogP contribution in [0.4, 0.5) is 4.79 Å². The van der Waals surface area contributed by atoms with Gasteiger partial charge in [0.05, 0.1) is 31.0 Å². The van der Waals surface area contributed by atoms with Crippen LogP contribution in [0.5, 0.6) is 0 Å². The molecule has 4 rings (SSSR count). The largest absolute Gasteiger partial charge is 0.444 e. The second kappa shape index (κ2) is 11.5. The van der Waals surface area contributed by atoms with Crippen LogP contribution in [0.3, 0.4) is 0 Å². The molecule has 36 heavy (non-hydrogen) atoms. The zero-order valence-corrected chi connectivity index (χ0v) is 23.2. The number of amides is 1. The van der Waals surface area contributed by atoms with Gasteiger partial charge in [0.25, 0.3) is 0 Å².